The van der Waals surface area contributed by atoms with Crippen LogP contribution in [0.25, 0.3) is 0 Å². The standard InChI is InChI=1S/C19H24N4O3/c1-25-16-10-15(11-17(12-16)26-2)18(24)22-13-14-4-8-23(9-5-14)19-20-6-3-7-21-19/h3,6-7,10-12,14H,4-5,8-9,13H2,1-2H3,(H,22,24). The van der Waals surface area contributed by atoms with Gasteiger partial charge in [-0.2, -0.15) is 0 Å². The van der Waals surface area contributed by atoms with E-state index in [1.165, 1.54) is 0 Å². The summed E-state index contributed by atoms with van der Waals surface area (Å²) >= 11 is 0. The maximum Gasteiger partial charge on any atom is 0.251 e. The lowest BCUT2D eigenvalue weighted by molar-refractivity contribution is 0.0944. The highest BCUT2D eigenvalue weighted by molar-refractivity contribution is 5.95. The Balaban J connectivity index is 1.51. The molecule has 0 aliphatic carbocycles. The van der Waals surface area contributed by atoms with Gasteiger partial charge in [0.2, 0.25) is 5.95 Å². The Morgan fingerprint density at radius 1 is 1.12 bits per heavy atom. The molecule has 0 radical (unpaired) electrons. The first-order valence-corrected chi connectivity index (χ1v) is 8.73. The summed E-state index contributed by atoms with van der Waals surface area (Å²) in [5.41, 5.74) is 0.538. The number of ether oxygens (including phenoxy) is 2. The van der Waals surface area contributed by atoms with Crippen LogP contribution in [0.15, 0.2) is 36.7 Å². The third-order valence-electron chi connectivity index (χ3n) is 4.61. The van der Waals surface area contributed by atoms with Crippen molar-refractivity contribution >= 4 is 11.9 Å². The summed E-state index contributed by atoms with van der Waals surface area (Å²) in [5.74, 6) is 2.32. The van der Waals surface area contributed by atoms with Gasteiger partial charge in [-0.3, -0.25) is 4.79 Å². The molecule has 0 atom stereocenters. The Bertz CT molecular complexity index is 709. The van der Waals surface area contributed by atoms with E-state index in [0.29, 0.717) is 29.5 Å². The van der Waals surface area contributed by atoms with Crippen molar-refractivity contribution < 1.29 is 14.3 Å². The first-order valence-electron chi connectivity index (χ1n) is 8.73. The van der Waals surface area contributed by atoms with Crippen LogP contribution in [0.4, 0.5) is 5.95 Å². The molecule has 1 aromatic carbocycles. The number of hydrogen-bond acceptors (Lipinski definition) is 6. The van der Waals surface area contributed by atoms with E-state index in [4.69, 9.17) is 9.47 Å². The van der Waals surface area contributed by atoms with Crippen molar-refractivity contribution in [2.75, 3.05) is 38.8 Å². The van der Waals surface area contributed by atoms with Crippen molar-refractivity contribution in [3.8, 4) is 11.5 Å². The number of methoxy groups -OCH3 is 2. The maximum atomic E-state index is 12.5. The molecule has 1 aromatic heterocycles. The zero-order chi connectivity index (χ0) is 18.4. The van der Waals surface area contributed by atoms with E-state index in [1.807, 2.05) is 6.07 Å². The average molecular weight is 356 g/mol. The second-order valence-electron chi connectivity index (χ2n) is 6.29. The van der Waals surface area contributed by atoms with E-state index in [1.54, 1.807) is 44.8 Å². The number of rotatable bonds is 6. The Morgan fingerprint density at radius 2 is 1.73 bits per heavy atom. The summed E-state index contributed by atoms with van der Waals surface area (Å²) in [6, 6.07) is 7.00. The number of nitrogens with one attached hydrogen (secondary N) is 1. The number of piperidine rings is 1. The van der Waals surface area contributed by atoms with Gasteiger partial charge >= 0.3 is 0 Å². The zero-order valence-corrected chi connectivity index (χ0v) is 15.1. The molecule has 138 valence electrons. The lowest BCUT2D eigenvalue weighted by Crippen LogP contribution is -2.39. The molecule has 0 saturated carbocycles. The number of nitrogens with zero attached hydrogens (tertiary/aromatic N) is 3. The van der Waals surface area contributed by atoms with E-state index in [2.05, 4.69) is 20.2 Å². The second-order valence-corrected chi connectivity index (χ2v) is 6.29. The first-order chi connectivity index (χ1) is 12.7. The molecule has 0 bridgehead atoms. The van der Waals surface area contributed by atoms with E-state index in [9.17, 15) is 4.79 Å². The molecule has 0 spiro atoms. The number of benzene rings is 1. The molecule has 3 rings (SSSR count). The summed E-state index contributed by atoms with van der Waals surface area (Å²) in [4.78, 5) is 23.2. The molecule has 2 heterocycles. The predicted molar refractivity (Wildman–Crippen MR) is 98.8 cm³/mol. The van der Waals surface area contributed by atoms with Gasteiger partial charge in [-0.1, -0.05) is 0 Å². The number of amides is 1. The lowest BCUT2D eigenvalue weighted by Gasteiger charge is -2.31. The second kappa shape index (κ2) is 8.51. The Labute approximate surface area is 153 Å². The number of aromatic nitrogens is 2. The molecule has 1 saturated heterocycles. The van der Waals surface area contributed by atoms with Crippen LogP contribution in [-0.4, -0.2) is 49.7 Å². The topological polar surface area (TPSA) is 76.6 Å². The zero-order valence-electron chi connectivity index (χ0n) is 15.1. The first kappa shape index (κ1) is 18.0. The molecular weight excluding hydrogens is 332 g/mol. The van der Waals surface area contributed by atoms with Gasteiger partial charge in [0.05, 0.1) is 14.2 Å². The molecular formula is C19H24N4O3. The van der Waals surface area contributed by atoms with Gasteiger partial charge in [0.1, 0.15) is 11.5 Å². The highest BCUT2D eigenvalue weighted by Gasteiger charge is 2.21. The fourth-order valence-corrected chi connectivity index (χ4v) is 3.07. The van der Waals surface area contributed by atoms with Crippen LogP contribution in [0.5, 0.6) is 11.5 Å². The average Bonchev–Trinajstić information content (AvgIpc) is 2.72. The molecule has 1 N–H and O–H groups in total. The van der Waals surface area contributed by atoms with Crippen LogP contribution in [0.2, 0.25) is 0 Å². The van der Waals surface area contributed by atoms with E-state index >= 15 is 0 Å². The molecule has 0 unspecified atom stereocenters. The molecule has 7 nitrogen and oxygen atoms in total. The molecule has 2 aromatic rings. The summed E-state index contributed by atoms with van der Waals surface area (Å²) in [6.45, 7) is 2.46. The highest BCUT2D eigenvalue weighted by Crippen LogP contribution is 2.23. The van der Waals surface area contributed by atoms with E-state index in [-0.39, 0.29) is 5.91 Å². The van der Waals surface area contributed by atoms with Gasteiger partial charge in [0.15, 0.2) is 0 Å². The SMILES string of the molecule is COc1cc(OC)cc(C(=O)NCC2CCN(c3ncccn3)CC2)c1. The summed E-state index contributed by atoms with van der Waals surface area (Å²) in [6.07, 6.45) is 5.52. The van der Waals surface area contributed by atoms with Crippen molar-refractivity contribution in [2.45, 2.75) is 12.8 Å². The van der Waals surface area contributed by atoms with Crippen molar-refractivity contribution in [1.29, 1.82) is 0 Å². The fourth-order valence-electron chi connectivity index (χ4n) is 3.07. The van der Waals surface area contributed by atoms with Crippen LogP contribution in [0, 0.1) is 5.92 Å². The van der Waals surface area contributed by atoms with E-state index in [0.717, 1.165) is 31.9 Å². The number of anilines is 1. The smallest absolute Gasteiger partial charge is 0.251 e. The van der Waals surface area contributed by atoms with Crippen LogP contribution in [-0.2, 0) is 0 Å². The molecule has 26 heavy (non-hydrogen) atoms. The van der Waals surface area contributed by atoms with E-state index < -0.39 is 0 Å². The Morgan fingerprint density at radius 3 is 2.31 bits per heavy atom. The largest absolute Gasteiger partial charge is 0.497 e. The molecule has 1 fully saturated rings. The maximum absolute atomic E-state index is 12.5. The lowest BCUT2D eigenvalue weighted by atomic mass is 9.97. The Hall–Kier alpha value is -2.83. The molecule has 1 aliphatic rings. The van der Waals surface area contributed by atoms with Crippen molar-refractivity contribution in [1.82, 2.24) is 15.3 Å². The van der Waals surface area contributed by atoms with Crippen LogP contribution >= 0.6 is 0 Å². The highest BCUT2D eigenvalue weighted by atomic mass is 16.5. The molecule has 7 heteroatoms. The van der Waals surface area contributed by atoms with Crippen LogP contribution in [0.3, 0.4) is 0 Å². The minimum Gasteiger partial charge on any atom is -0.497 e. The van der Waals surface area contributed by atoms with Crippen LogP contribution in [0.1, 0.15) is 23.2 Å². The van der Waals surface area contributed by atoms with Gasteiger partial charge in [-0.15, -0.1) is 0 Å². The van der Waals surface area contributed by atoms with Crippen molar-refractivity contribution in [3.63, 3.8) is 0 Å². The quantitative estimate of drug-likeness (QED) is 0.855. The third kappa shape index (κ3) is 4.41. The van der Waals surface area contributed by atoms with Crippen LogP contribution < -0.4 is 19.7 Å². The summed E-state index contributed by atoms with van der Waals surface area (Å²) < 4.78 is 10.4. The summed E-state index contributed by atoms with van der Waals surface area (Å²) in [7, 11) is 3.14. The fraction of sp³-hybridized carbons (Fsp3) is 0.421. The molecule has 1 aliphatic heterocycles. The number of hydrogen-bond donors (Lipinski definition) is 1. The van der Waals surface area contributed by atoms with Gasteiger partial charge in [-0.05, 0) is 37.0 Å². The van der Waals surface area contributed by atoms with Gasteiger partial charge < -0.3 is 19.7 Å². The minimum atomic E-state index is -0.115. The molecule has 1 amide bonds. The van der Waals surface area contributed by atoms with Gasteiger partial charge in [-0.25, -0.2) is 9.97 Å². The monoisotopic (exact) mass is 356 g/mol. The van der Waals surface area contributed by atoms with Gasteiger partial charge in [0, 0.05) is 43.7 Å². The number of carbonyl (C=O) groups is 1. The Kier molecular flexibility index (Phi) is 5.88. The minimum absolute atomic E-state index is 0.115. The predicted octanol–water partition coefficient (Wildman–Crippen LogP) is 2.14. The number of carbonyl (C=O) groups excluding carboxylic acids is 1. The van der Waals surface area contributed by atoms with Crippen molar-refractivity contribution in [2.24, 2.45) is 5.92 Å². The summed E-state index contributed by atoms with van der Waals surface area (Å²) in [5, 5.41) is 3.03. The van der Waals surface area contributed by atoms with Crippen molar-refractivity contribution in [3.05, 3.63) is 42.2 Å². The third-order valence-corrected chi connectivity index (χ3v) is 4.61. The van der Waals surface area contributed by atoms with Gasteiger partial charge in [0.25, 0.3) is 5.91 Å². The normalized spacial score (nSPS) is 14.8.